The monoisotopic (exact) mass is 313 g/mol. The number of hydrogen-bond acceptors (Lipinski definition) is 3. The van der Waals surface area contributed by atoms with E-state index in [1.54, 1.807) is 13.8 Å². The van der Waals surface area contributed by atoms with Crippen LogP contribution in [-0.4, -0.2) is 17.0 Å². The molecule has 0 saturated carbocycles. The number of oxime groups is 1. The highest BCUT2D eigenvalue weighted by Gasteiger charge is 2.32. The molecule has 0 atom stereocenters. The van der Waals surface area contributed by atoms with Gasteiger partial charge in [-0.1, -0.05) is 33.2 Å². The summed E-state index contributed by atoms with van der Waals surface area (Å²) < 4.78 is 0.949. The van der Waals surface area contributed by atoms with Gasteiger partial charge < -0.3 is 16.3 Å². The Kier molecular flexibility index (Phi) is 4.72. The number of carbonyl (C=O) groups excluding carboxylic acids is 1. The number of hydrogen-bond donors (Lipinski definition) is 3. The van der Waals surface area contributed by atoms with E-state index in [0.29, 0.717) is 6.54 Å². The minimum Gasteiger partial charge on any atom is -0.409 e. The topological polar surface area (TPSA) is 87.7 Å². The Labute approximate surface area is 114 Å². The van der Waals surface area contributed by atoms with Crippen molar-refractivity contribution in [2.24, 2.45) is 16.3 Å². The summed E-state index contributed by atoms with van der Waals surface area (Å²) >= 11 is 3.36. The van der Waals surface area contributed by atoms with Crippen LogP contribution < -0.4 is 11.1 Å². The fraction of sp³-hybridized carbons (Fsp3) is 0.333. The van der Waals surface area contributed by atoms with E-state index in [-0.39, 0.29) is 11.7 Å². The normalized spacial score (nSPS) is 12.3. The molecule has 0 fully saturated rings. The molecule has 5 nitrogen and oxygen atoms in total. The van der Waals surface area contributed by atoms with Crippen molar-refractivity contribution in [3.63, 3.8) is 0 Å². The maximum Gasteiger partial charge on any atom is 0.233 e. The first-order valence-corrected chi connectivity index (χ1v) is 6.18. The number of nitrogens with one attached hydrogen (secondary N) is 1. The van der Waals surface area contributed by atoms with Crippen LogP contribution in [-0.2, 0) is 11.3 Å². The predicted molar refractivity (Wildman–Crippen MR) is 73.2 cm³/mol. The number of nitrogens with two attached hydrogens (primary N) is 1. The van der Waals surface area contributed by atoms with Crippen LogP contribution in [0.3, 0.4) is 0 Å². The van der Waals surface area contributed by atoms with Gasteiger partial charge in [-0.05, 0) is 31.5 Å². The molecule has 4 N–H and O–H groups in total. The van der Waals surface area contributed by atoms with Gasteiger partial charge in [0, 0.05) is 11.0 Å². The molecule has 0 bridgehead atoms. The average Bonchev–Trinajstić information content (AvgIpc) is 2.34. The van der Waals surface area contributed by atoms with Crippen LogP contribution in [0.25, 0.3) is 0 Å². The molecule has 0 heterocycles. The molecule has 1 aromatic carbocycles. The largest absolute Gasteiger partial charge is 0.409 e. The fourth-order valence-electron chi connectivity index (χ4n) is 1.29. The first-order valence-electron chi connectivity index (χ1n) is 5.38. The molecule has 0 aliphatic heterocycles. The van der Waals surface area contributed by atoms with Gasteiger partial charge in [0.25, 0.3) is 0 Å². The Balaban J connectivity index is 2.67. The molecule has 0 saturated heterocycles. The summed E-state index contributed by atoms with van der Waals surface area (Å²) in [4.78, 5) is 11.9. The number of amides is 1. The van der Waals surface area contributed by atoms with Crippen LogP contribution >= 0.6 is 15.9 Å². The van der Waals surface area contributed by atoms with E-state index in [0.717, 1.165) is 10.0 Å². The third-order valence-electron chi connectivity index (χ3n) is 2.66. The molecule has 0 aliphatic carbocycles. The molecule has 0 aliphatic rings. The second kappa shape index (κ2) is 5.86. The second-order valence-electron chi connectivity index (χ2n) is 4.42. The Bertz CT molecular complexity index is 472. The molecule has 1 rings (SSSR count). The van der Waals surface area contributed by atoms with Gasteiger partial charge in [-0.3, -0.25) is 4.79 Å². The highest BCUT2D eigenvalue weighted by Crippen LogP contribution is 2.16. The lowest BCUT2D eigenvalue weighted by molar-refractivity contribution is -0.126. The summed E-state index contributed by atoms with van der Waals surface area (Å²) in [5.74, 6) is -0.410. The van der Waals surface area contributed by atoms with Crippen molar-refractivity contribution < 1.29 is 10.0 Å². The van der Waals surface area contributed by atoms with E-state index in [1.165, 1.54) is 0 Å². The Morgan fingerprint density at radius 3 is 2.78 bits per heavy atom. The van der Waals surface area contributed by atoms with Gasteiger partial charge in [0.1, 0.15) is 5.41 Å². The summed E-state index contributed by atoms with van der Waals surface area (Å²) in [6, 6.07) is 7.62. The van der Waals surface area contributed by atoms with E-state index in [9.17, 15) is 4.79 Å². The molecule has 0 spiro atoms. The quantitative estimate of drug-likeness (QED) is 0.343. The highest BCUT2D eigenvalue weighted by atomic mass is 79.9. The number of amidine groups is 1. The number of halogens is 1. The number of benzene rings is 1. The van der Waals surface area contributed by atoms with E-state index in [1.807, 2.05) is 24.3 Å². The zero-order valence-electron chi connectivity index (χ0n) is 10.3. The van der Waals surface area contributed by atoms with Crippen molar-refractivity contribution in [2.75, 3.05) is 0 Å². The molecule has 6 heteroatoms. The zero-order valence-corrected chi connectivity index (χ0v) is 11.9. The number of nitrogens with zero attached hydrogens (tertiary/aromatic N) is 1. The standard InChI is InChI=1S/C12H16BrN3O2/c1-12(2,10(14)16-18)11(17)15-7-8-4-3-5-9(13)6-8/h3-6,18H,7H2,1-2H3,(H2,14,16)(H,15,17). The molecule has 18 heavy (non-hydrogen) atoms. The third-order valence-corrected chi connectivity index (χ3v) is 3.15. The van der Waals surface area contributed by atoms with E-state index < -0.39 is 5.41 Å². The van der Waals surface area contributed by atoms with E-state index >= 15 is 0 Å². The van der Waals surface area contributed by atoms with Crippen LogP contribution in [0, 0.1) is 5.41 Å². The smallest absolute Gasteiger partial charge is 0.233 e. The van der Waals surface area contributed by atoms with Crippen LogP contribution in [0.2, 0.25) is 0 Å². The summed E-state index contributed by atoms with van der Waals surface area (Å²) in [5.41, 5.74) is 5.40. The lowest BCUT2D eigenvalue weighted by Crippen LogP contribution is -2.45. The van der Waals surface area contributed by atoms with Gasteiger partial charge in [0.15, 0.2) is 5.84 Å². The fourth-order valence-corrected chi connectivity index (χ4v) is 1.74. The van der Waals surface area contributed by atoms with Crippen LogP contribution in [0.4, 0.5) is 0 Å². The second-order valence-corrected chi connectivity index (χ2v) is 5.34. The van der Waals surface area contributed by atoms with Crippen molar-refractivity contribution in [3.05, 3.63) is 34.3 Å². The summed E-state index contributed by atoms with van der Waals surface area (Å²) in [7, 11) is 0. The average molecular weight is 314 g/mol. The van der Waals surface area contributed by atoms with Crippen molar-refractivity contribution in [3.8, 4) is 0 Å². The van der Waals surface area contributed by atoms with Crippen molar-refractivity contribution in [2.45, 2.75) is 20.4 Å². The molecule has 1 aromatic rings. The van der Waals surface area contributed by atoms with Gasteiger partial charge in [-0.25, -0.2) is 0 Å². The lowest BCUT2D eigenvalue weighted by atomic mass is 9.91. The van der Waals surface area contributed by atoms with Gasteiger partial charge in [0.05, 0.1) is 0 Å². The van der Waals surface area contributed by atoms with Gasteiger partial charge in [0.2, 0.25) is 5.91 Å². The maximum absolute atomic E-state index is 11.9. The van der Waals surface area contributed by atoms with E-state index in [2.05, 4.69) is 26.4 Å². The first-order chi connectivity index (χ1) is 8.37. The molecular weight excluding hydrogens is 298 g/mol. The summed E-state index contributed by atoms with van der Waals surface area (Å²) in [6.45, 7) is 3.58. The van der Waals surface area contributed by atoms with Crippen molar-refractivity contribution in [1.29, 1.82) is 0 Å². The minimum atomic E-state index is -1.04. The molecular formula is C12H16BrN3O2. The Hall–Kier alpha value is -1.56. The molecule has 1 amide bonds. The highest BCUT2D eigenvalue weighted by molar-refractivity contribution is 9.10. The zero-order chi connectivity index (χ0) is 13.8. The van der Waals surface area contributed by atoms with Crippen LogP contribution in [0.15, 0.2) is 33.9 Å². The van der Waals surface area contributed by atoms with Gasteiger partial charge in [-0.2, -0.15) is 0 Å². The van der Waals surface area contributed by atoms with Crippen molar-refractivity contribution >= 4 is 27.7 Å². The molecule has 0 unspecified atom stereocenters. The van der Waals surface area contributed by atoms with Gasteiger partial charge >= 0.3 is 0 Å². The maximum atomic E-state index is 11.9. The lowest BCUT2D eigenvalue weighted by Gasteiger charge is -2.21. The van der Waals surface area contributed by atoms with Crippen molar-refractivity contribution in [1.82, 2.24) is 5.32 Å². The molecule has 98 valence electrons. The number of carbonyl (C=O) groups is 1. The van der Waals surface area contributed by atoms with Gasteiger partial charge in [-0.15, -0.1) is 0 Å². The van der Waals surface area contributed by atoms with E-state index in [4.69, 9.17) is 10.9 Å². The minimum absolute atomic E-state index is 0.116. The molecule has 0 radical (unpaired) electrons. The SMILES string of the molecule is CC(C)(C(=O)NCc1cccc(Br)c1)C(N)=NO. The predicted octanol–water partition coefficient (Wildman–Crippen LogP) is 1.84. The Morgan fingerprint density at radius 1 is 1.56 bits per heavy atom. The molecule has 0 aromatic heterocycles. The summed E-state index contributed by atoms with van der Waals surface area (Å²) in [5, 5.41) is 14.2. The first kappa shape index (κ1) is 14.5. The Morgan fingerprint density at radius 2 is 2.22 bits per heavy atom. The van der Waals surface area contributed by atoms with Crippen LogP contribution in [0.5, 0.6) is 0 Å². The summed E-state index contributed by atoms with van der Waals surface area (Å²) in [6.07, 6.45) is 0. The third kappa shape index (κ3) is 3.46. The number of rotatable bonds is 4. The van der Waals surface area contributed by atoms with Crippen LogP contribution in [0.1, 0.15) is 19.4 Å².